The molecule has 0 aliphatic rings. The topological polar surface area (TPSA) is 72.8 Å². The smallest absolute Gasteiger partial charge is 0.435 e. The van der Waals surface area contributed by atoms with E-state index in [4.69, 9.17) is 9.47 Å². The van der Waals surface area contributed by atoms with E-state index in [1.807, 2.05) is 60.0 Å². The Morgan fingerprint density at radius 3 is 2.27 bits per heavy atom. The van der Waals surface area contributed by atoms with E-state index in [0.717, 1.165) is 27.2 Å². The van der Waals surface area contributed by atoms with Crippen LogP contribution in [0.1, 0.15) is 33.4 Å². The highest BCUT2D eigenvalue weighted by Gasteiger charge is 2.26. The molecule has 2 aromatic carbocycles. The minimum atomic E-state index is -0.742. The monoisotopic (exact) mass is 409 g/mol. The number of hydrogen-bond acceptors (Lipinski definition) is 4. The number of amides is 2. The molecule has 0 atom stereocenters. The number of hydrogen-bond donors (Lipinski definition) is 1. The maximum atomic E-state index is 12.9. The van der Waals surface area contributed by atoms with Crippen molar-refractivity contribution in [3.8, 4) is 5.69 Å². The van der Waals surface area contributed by atoms with E-state index in [2.05, 4.69) is 5.43 Å². The van der Waals surface area contributed by atoms with E-state index in [-0.39, 0.29) is 12.2 Å². The number of benzene rings is 2. The van der Waals surface area contributed by atoms with Gasteiger partial charge in [-0.05, 0) is 58.2 Å². The number of carbonyl (C=O) groups is 2. The summed E-state index contributed by atoms with van der Waals surface area (Å²) < 4.78 is 12.4. The van der Waals surface area contributed by atoms with Gasteiger partial charge >= 0.3 is 12.2 Å². The zero-order chi connectivity index (χ0) is 21.8. The number of aryl methyl sites for hydroxylation is 1. The summed E-state index contributed by atoms with van der Waals surface area (Å²) in [5, 5.41) is 3.17. The van der Waals surface area contributed by atoms with Crippen LogP contribution < -0.4 is 10.4 Å². The quantitative estimate of drug-likeness (QED) is 0.590. The van der Waals surface area contributed by atoms with Crippen LogP contribution in [-0.4, -0.2) is 29.0 Å². The van der Waals surface area contributed by atoms with Crippen molar-refractivity contribution in [3.05, 3.63) is 60.3 Å². The molecule has 30 heavy (non-hydrogen) atoms. The predicted molar refractivity (Wildman–Crippen MR) is 117 cm³/mol. The molecule has 2 amide bonds. The van der Waals surface area contributed by atoms with Gasteiger partial charge in [0.05, 0.1) is 17.9 Å². The van der Waals surface area contributed by atoms with Crippen LogP contribution in [0.3, 0.4) is 0 Å². The van der Waals surface area contributed by atoms with Crippen molar-refractivity contribution in [2.75, 3.05) is 5.01 Å². The SMILES string of the molecule is Cc1ccc(N(NC(=O)OC(C)C)C(=O)OC(C)C)n1-c1cccc2ccccc12. The number of anilines is 1. The summed E-state index contributed by atoms with van der Waals surface area (Å²) in [7, 11) is 0. The number of carbonyl (C=O) groups excluding carboxylic acids is 2. The molecule has 3 aromatic rings. The van der Waals surface area contributed by atoms with Gasteiger partial charge in [0, 0.05) is 11.1 Å². The first-order valence-corrected chi connectivity index (χ1v) is 9.92. The van der Waals surface area contributed by atoms with Crippen molar-refractivity contribution in [1.82, 2.24) is 9.99 Å². The molecule has 1 N–H and O–H groups in total. The third-order valence-corrected chi connectivity index (χ3v) is 4.36. The molecule has 0 saturated carbocycles. The van der Waals surface area contributed by atoms with Gasteiger partial charge in [-0.25, -0.2) is 15.0 Å². The van der Waals surface area contributed by atoms with Gasteiger partial charge in [0.1, 0.15) is 5.82 Å². The molecule has 0 radical (unpaired) electrons. The second kappa shape index (κ2) is 8.90. The number of nitrogens with one attached hydrogen (secondary N) is 1. The predicted octanol–water partition coefficient (Wildman–Crippen LogP) is 5.34. The third-order valence-electron chi connectivity index (χ3n) is 4.36. The normalized spacial score (nSPS) is 11.0. The van der Waals surface area contributed by atoms with Gasteiger partial charge in [-0.2, -0.15) is 5.01 Å². The summed E-state index contributed by atoms with van der Waals surface area (Å²) in [6.45, 7) is 8.90. The zero-order valence-electron chi connectivity index (χ0n) is 17.9. The van der Waals surface area contributed by atoms with Crippen LogP contribution >= 0.6 is 0 Å². The molecule has 0 fully saturated rings. The van der Waals surface area contributed by atoms with E-state index in [1.54, 1.807) is 33.8 Å². The molecule has 1 heterocycles. The van der Waals surface area contributed by atoms with Gasteiger partial charge < -0.3 is 9.47 Å². The minimum Gasteiger partial charge on any atom is -0.446 e. The number of aromatic nitrogens is 1. The van der Waals surface area contributed by atoms with Gasteiger partial charge in [0.25, 0.3) is 0 Å². The third kappa shape index (κ3) is 4.56. The Balaban J connectivity index is 2.11. The average molecular weight is 409 g/mol. The average Bonchev–Trinajstić information content (AvgIpc) is 3.05. The molecule has 0 unspecified atom stereocenters. The van der Waals surface area contributed by atoms with Crippen LogP contribution in [0.5, 0.6) is 0 Å². The molecule has 3 rings (SSSR count). The lowest BCUT2D eigenvalue weighted by molar-refractivity contribution is 0.103. The van der Waals surface area contributed by atoms with Crippen LogP contribution in [0.25, 0.3) is 16.5 Å². The van der Waals surface area contributed by atoms with Crippen LogP contribution in [-0.2, 0) is 9.47 Å². The van der Waals surface area contributed by atoms with Crippen molar-refractivity contribution in [2.45, 2.75) is 46.8 Å². The lowest BCUT2D eigenvalue weighted by Gasteiger charge is -2.26. The lowest BCUT2D eigenvalue weighted by atomic mass is 10.1. The molecule has 0 aliphatic heterocycles. The second-order valence-electron chi connectivity index (χ2n) is 7.50. The summed E-state index contributed by atoms with van der Waals surface area (Å²) in [5.74, 6) is 0.440. The first-order chi connectivity index (χ1) is 14.3. The summed E-state index contributed by atoms with van der Waals surface area (Å²) in [6, 6.07) is 17.6. The molecular weight excluding hydrogens is 382 g/mol. The Morgan fingerprint density at radius 2 is 1.57 bits per heavy atom. The van der Waals surface area contributed by atoms with Gasteiger partial charge in [0.2, 0.25) is 0 Å². The van der Waals surface area contributed by atoms with E-state index in [9.17, 15) is 9.59 Å². The van der Waals surface area contributed by atoms with Crippen LogP contribution in [0.2, 0.25) is 0 Å². The fourth-order valence-electron chi connectivity index (χ4n) is 3.20. The molecule has 158 valence electrons. The maximum Gasteiger partial charge on any atom is 0.435 e. The largest absolute Gasteiger partial charge is 0.446 e. The maximum absolute atomic E-state index is 12.9. The number of rotatable bonds is 4. The highest BCUT2D eigenvalue weighted by atomic mass is 16.6. The number of fused-ring (bicyclic) bond motifs is 1. The highest BCUT2D eigenvalue weighted by Crippen LogP contribution is 2.29. The van der Waals surface area contributed by atoms with Crippen molar-refractivity contribution in [2.24, 2.45) is 0 Å². The molecule has 0 bridgehead atoms. The Hall–Kier alpha value is -3.48. The molecule has 7 nitrogen and oxygen atoms in total. The highest BCUT2D eigenvalue weighted by molar-refractivity contribution is 5.93. The first kappa shape index (κ1) is 21.2. The van der Waals surface area contributed by atoms with Crippen molar-refractivity contribution in [3.63, 3.8) is 0 Å². The minimum absolute atomic E-state index is 0.334. The summed E-state index contributed by atoms with van der Waals surface area (Å²) in [6.07, 6.45) is -2.14. The number of hydrazine groups is 1. The Labute approximate surface area is 176 Å². The van der Waals surface area contributed by atoms with Crippen LogP contribution in [0.4, 0.5) is 15.4 Å². The van der Waals surface area contributed by atoms with Crippen molar-refractivity contribution in [1.29, 1.82) is 0 Å². The van der Waals surface area contributed by atoms with Gasteiger partial charge in [-0.15, -0.1) is 0 Å². The number of ether oxygens (including phenoxy) is 2. The molecule has 0 spiro atoms. The fourth-order valence-corrected chi connectivity index (χ4v) is 3.20. The molecule has 0 saturated heterocycles. The first-order valence-electron chi connectivity index (χ1n) is 9.92. The molecular formula is C23H27N3O4. The van der Waals surface area contributed by atoms with Crippen LogP contribution in [0, 0.1) is 6.92 Å². The zero-order valence-corrected chi connectivity index (χ0v) is 17.9. The van der Waals surface area contributed by atoms with E-state index >= 15 is 0 Å². The Kier molecular flexibility index (Phi) is 6.30. The second-order valence-corrected chi connectivity index (χ2v) is 7.50. The lowest BCUT2D eigenvalue weighted by Crippen LogP contribution is -2.49. The molecule has 1 aromatic heterocycles. The van der Waals surface area contributed by atoms with Crippen LogP contribution in [0.15, 0.2) is 54.6 Å². The Bertz CT molecular complexity index is 1050. The van der Waals surface area contributed by atoms with Crippen molar-refractivity contribution >= 4 is 28.8 Å². The summed E-state index contributed by atoms with van der Waals surface area (Å²) in [5.41, 5.74) is 4.29. The standard InChI is InChI=1S/C23H27N3O4/c1-15(2)29-22(27)24-26(23(28)30-16(3)4)21-14-13-17(5)25(21)20-12-8-10-18-9-6-7-11-19(18)20/h6-16H,1-5H3,(H,24,27). The molecule has 0 aliphatic carbocycles. The van der Waals surface area contributed by atoms with Gasteiger partial charge in [0.15, 0.2) is 0 Å². The Morgan fingerprint density at radius 1 is 0.900 bits per heavy atom. The molecule has 7 heteroatoms. The fraction of sp³-hybridized carbons (Fsp3) is 0.304. The van der Waals surface area contributed by atoms with Crippen molar-refractivity contribution < 1.29 is 19.1 Å². The van der Waals surface area contributed by atoms with E-state index in [0.29, 0.717) is 5.82 Å². The summed E-state index contributed by atoms with van der Waals surface area (Å²) in [4.78, 5) is 25.2. The summed E-state index contributed by atoms with van der Waals surface area (Å²) >= 11 is 0. The van der Waals surface area contributed by atoms with Gasteiger partial charge in [-0.1, -0.05) is 36.4 Å². The van der Waals surface area contributed by atoms with Gasteiger partial charge in [-0.3, -0.25) is 4.57 Å². The van der Waals surface area contributed by atoms with E-state index in [1.165, 1.54) is 0 Å². The van der Waals surface area contributed by atoms with E-state index < -0.39 is 12.2 Å². The number of nitrogens with zero attached hydrogens (tertiary/aromatic N) is 2.